The van der Waals surface area contributed by atoms with Crippen LogP contribution in [0.2, 0.25) is 0 Å². The minimum atomic E-state index is -0.388. The number of rotatable bonds is 7. The van der Waals surface area contributed by atoms with E-state index in [1.54, 1.807) is 0 Å². The summed E-state index contributed by atoms with van der Waals surface area (Å²) in [6, 6.07) is 0.217. The van der Waals surface area contributed by atoms with Gasteiger partial charge in [0.1, 0.15) is 0 Å². The minimum Gasteiger partial charge on any atom is -0.392 e. The summed E-state index contributed by atoms with van der Waals surface area (Å²) in [5, 5.41) is 15.3. The second-order valence-electron chi connectivity index (χ2n) is 4.32. The Labute approximate surface area is 92.4 Å². The summed E-state index contributed by atoms with van der Waals surface area (Å²) in [5.41, 5.74) is 0. The highest BCUT2D eigenvalue weighted by atomic mass is 16.3. The van der Waals surface area contributed by atoms with Crippen molar-refractivity contribution in [2.75, 3.05) is 13.1 Å². The molecular weight excluding hydrogens is 192 g/mol. The Balaban J connectivity index is 3.55. The van der Waals surface area contributed by atoms with Crippen LogP contribution >= 0.6 is 0 Å². The maximum atomic E-state index is 11.3. The van der Waals surface area contributed by atoms with E-state index in [-0.39, 0.29) is 30.5 Å². The van der Waals surface area contributed by atoms with Crippen molar-refractivity contribution in [2.24, 2.45) is 5.92 Å². The van der Waals surface area contributed by atoms with E-state index in [4.69, 9.17) is 0 Å². The van der Waals surface area contributed by atoms with Crippen molar-refractivity contribution in [3.8, 4) is 0 Å². The average molecular weight is 216 g/mol. The van der Waals surface area contributed by atoms with Crippen molar-refractivity contribution in [3.63, 3.8) is 0 Å². The van der Waals surface area contributed by atoms with E-state index >= 15 is 0 Å². The highest BCUT2D eigenvalue weighted by molar-refractivity contribution is 5.78. The van der Waals surface area contributed by atoms with Crippen LogP contribution in [0.25, 0.3) is 0 Å². The first-order valence-electron chi connectivity index (χ1n) is 5.65. The van der Waals surface area contributed by atoms with Gasteiger partial charge in [-0.05, 0) is 19.3 Å². The molecule has 0 heterocycles. The van der Waals surface area contributed by atoms with Crippen LogP contribution in [0.5, 0.6) is 0 Å². The highest BCUT2D eigenvalue weighted by Gasteiger charge is 2.09. The number of carbonyl (C=O) groups is 1. The molecule has 0 fully saturated rings. The van der Waals surface area contributed by atoms with E-state index in [2.05, 4.69) is 10.6 Å². The van der Waals surface area contributed by atoms with Crippen molar-refractivity contribution < 1.29 is 9.90 Å². The SMILES string of the molecule is CCC(C)NC(=O)CNCC(O)C(C)C. The predicted molar refractivity (Wildman–Crippen MR) is 61.6 cm³/mol. The number of carbonyl (C=O) groups excluding carboxylic acids is 1. The van der Waals surface area contributed by atoms with E-state index in [0.717, 1.165) is 6.42 Å². The largest absolute Gasteiger partial charge is 0.392 e. The lowest BCUT2D eigenvalue weighted by molar-refractivity contribution is -0.120. The number of aliphatic hydroxyl groups excluding tert-OH is 1. The molecule has 90 valence electrons. The molecule has 0 saturated heterocycles. The Bertz CT molecular complexity index is 183. The average Bonchev–Trinajstić information content (AvgIpc) is 2.17. The van der Waals surface area contributed by atoms with Crippen molar-refractivity contribution >= 4 is 5.91 Å². The number of hydrogen-bond donors (Lipinski definition) is 3. The summed E-state index contributed by atoms with van der Waals surface area (Å²) < 4.78 is 0. The Hall–Kier alpha value is -0.610. The van der Waals surface area contributed by atoms with Gasteiger partial charge in [0.05, 0.1) is 12.6 Å². The molecule has 0 bridgehead atoms. The molecule has 4 nitrogen and oxygen atoms in total. The summed E-state index contributed by atoms with van der Waals surface area (Å²) >= 11 is 0. The summed E-state index contributed by atoms with van der Waals surface area (Å²) in [6.45, 7) is 8.64. The standard InChI is InChI=1S/C11H24N2O2/c1-5-9(4)13-11(15)7-12-6-10(14)8(2)3/h8-10,12,14H,5-7H2,1-4H3,(H,13,15). The normalized spacial score (nSPS) is 15.1. The molecule has 0 aromatic rings. The molecule has 0 aliphatic carbocycles. The van der Waals surface area contributed by atoms with E-state index in [1.807, 2.05) is 27.7 Å². The van der Waals surface area contributed by atoms with Crippen LogP contribution < -0.4 is 10.6 Å². The Kier molecular flexibility index (Phi) is 7.34. The van der Waals surface area contributed by atoms with Gasteiger partial charge in [-0.15, -0.1) is 0 Å². The Morgan fingerprint density at radius 2 is 1.93 bits per heavy atom. The van der Waals surface area contributed by atoms with E-state index < -0.39 is 0 Å². The summed E-state index contributed by atoms with van der Waals surface area (Å²) in [7, 11) is 0. The molecule has 0 aromatic carbocycles. The van der Waals surface area contributed by atoms with Crippen molar-refractivity contribution in [1.29, 1.82) is 0 Å². The topological polar surface area (TPSA) is 61.4 Å². The molecule has 2 atom stereocenters. The molecular formula is C11H24N2O2. The third kappa shape index (κ3) is 7.33. The van der Waals surface area contributed by atoms with Gasteiger partial charge in [0, 0.05) is 12.6 Å². The zero-order valence-electron chi connectivity index (χ0n) is 10.2. The van der Waals surface area contributed by atoms with Crippen LogP contribution in [0.1, 0.15) is 34.1 Å². The molecule has 3 N–H and O–H groups in total. The number of amides is 1. The first-order chi connectivity index (χ1) is 6.97. The van der Waals surface area contributed by atoms with Gasteiger partial charge in [0.25, 0.3) is 0 Å². The lowest BCUT2D eigenvalue weighted by Crippen LogP contribution is -2.41. The molecule has 0 radical (unpaired) electrons. The quantitative estimate of drug-likeness (QED) is 0.581. The highest BCUT2D eigenvalue weighted by Crippen LogP contribution is 1.98. The van der Waals surface area contributed by atoms with Gasteiger partial charge in [-0.1, -0.05) is 20.8 Å². The van der Waals surface area contributed by atoms with Crippen LogP contribution in [-0.4, -0.2) is 36.2 Å². The zero-order valence-corrected chi connectivity index (χ0v) is 10.2. The van der Waals surface area contributed by atoms with Crippen LogP contribution in [0.4, 0.5) is 0 Å². The third-order valence-corrected chi connectivity index (χ3v) is 2.43. The van der Waals surface area contributed by atoms with E-state index in [1.165, 1.54) is 0 Å². The number of nitrogens with one attached hydrogen (secondary N) is 2. The van der Waals surface area contributed by atoms with Gasteiger partial charge in [0.15, 0.2) is 0 Å². The van der Waals surface area contributed by atoms with Crippen molar-refractivity contribution in [1.82, 2.24) is 10.6 Å². The summed E-state index contributed by atoms with van der Waals surface area (Å²) in [6.07, 6.45) is 0.543. The third-order valence-electron chi connectivity index (χ3n) is 2.43. The van der Waals surface area contributed by atoms with Crippen molar-refractivity contribution in [3.05, 3.63) is 0 Å². The fourth-order valence-corrected chi connectivity index (χ4v) is 0.997. The monoisotopic (exact) mass is 216 g/mol. The maximum absolute atomic E-state index is 11.3. The molecule has 1 amide bonds. The first-order valence-corrected chi connectivity index (χ1v) is 5.65. The molecule has 0 aromatic heterocycles. The van der Waals surface area contributed by atoms with Gasteiger partial charge < -0.3 is 15.7 Å². The molecule has 2 unspecified atom stereocenters. The minimum absolute atomic E-state index is 0.0136. The van der Waals surface area contributed by atoms with Gasteiger partial charge in [-0.25, -0.2) is 0 Å². The van der Waals surface area contributed by atoms with Crippen LogP contribution in [0, 0.1) is 5.92 Å². The predicted octanol–water partition coefficient (Wildman–Crippen LogP) is 0.508. The van der Waals surface area contributed by atoms with Crippen LogP contribution in [-0.2, 0) is 4.79 Å². The maximum Gasteiger partial charge on any atom is 0.234 e. The van der Waals surface area contributed by atoms with E-state index in [0.29, 0.717) is 6.54 Å². The van der Waals surface area contributed by atoms with Gasteiger partial charge in [-0.2, -0.15) is 0 Å². The molecule has 0 rings (SSSR count). The zero-order chi connectivity index (χ0) is 11.8. The van der Waals surface area contributed by atoms with Gasteiger partial charge >= 0.3 is 0 Å². The Morgan fingerprint density at radius 3 is 2.40 bits per heavy atom. The molecule has 15 heavy (non-hydrogen) atoms. The second kappa shape index (κ2) is 7.65. The molecule has 0 spiro atoms. The van der Waals surface area contributed by atoms with Gasteiger partial charge in [0.2, 0.25) is 5.91 Å². The lowest BCUT2D eigenvalue weighted by Gasteiger charge is -2.16. The Morgan fingerprint density at radius 1 is 1.33 bits per heavy atom. The van der Waals surface area contributed by atoms with Crippen LogP contribution in [0.3, 0.4) is 0 Å². The molecule has 0 aliphatic heterocycles. The van der Waals surface area contributed by atoms with Gasteiger partial charge in [-0.3, -0.25) is 4.79 Å². The lowest BCUT2D eigenvalue weighted by atomic mass is 10.1. The number of hydrogen-bond acceptors (Lipinski definition) is 3. The molecule has 4 heteroatoms. The first kappa shape index (κ1) is 14.4. The molecule has 0 saturated carbocycles. The summed E-state index contributed by atoms with van der Waals surface area (Å²) in [5.74, 6) is 0.204. The fourth-order valence-electron chi connectivity index (χ4n) is 0.997. The molecule has 0 aliphatic rings. The second-order valence-corrected chi connectivity index (χ2v) is 4.32. The summed E-state index contributed by atoms with van der Waals surface area (Å²) in [4.78, 5) is 11.3. The smallest absolute Gasteiger partial charge is 0.234 e. The van der Waals surface area contributed by atoms with E-state index in [9.17, 15) is 9.90 Å². The van der Waals surface area contributed by atoms with Crippen molar-refractivity contribution in [2.45, 2.75) is 46.3 Å². The fraction of sp³-hybridized carbons (Fsp3) is 0.909. The van der Waals surface area contributed by atoms with Crippen LogP contribution in [0.15, 0.2) is 0 Å². The number of aliphatic hydroxyl groups is 1.